The lowest BCUT2D eigenvalue weighted by Gasteiger charge is -2.22. The van der Waals surface area contributed by atoms with Crippen LogP contribution in [0.2, 0.25) is 0 Å². The molecule has 0 saturated carbocycles. The van der Waals surface area contributed by atoms with E-state index in [0.717, 1.165) is 23.2 Å². The second-order valence-electron chi connectivity index (χ2n) is 5.75. The molecule has 1 aromatic heterocycles. The smallest absolute Gasteiger partial charge is 0.371 e. The second-order valence-corrected chi connectivity index (χ2v) is 5.75. The van der Waals surface area contributed by atoms with Crippen LogP contribution in [-0.2, 0) is 6.18 Å². The summed E-state index contributed by atoms with van der Waals surface area (Å²) in [6.07, 6.45) is -4.79. The topological polar surface area (TPSA) is 56.7 Å². The lowest BCUT2D eigenvalue weighted by Crippen LogP contribution is -2.36. The Morgan fingerprint density at radius 3 is 2.59 bits per heavy atom. The third-order valence-electron chi connectivity index (χ3n) is 3.52. The fourth-order valence-electron chi connectivity index (χ4n) is 2.40. The van der Waals surface area contributed by atoms with E-state index >= 15 is 0 Å². The minimum atomic E-state index is -4.53. The molecule has 22 heavy (non-hydrogen) atoms. The van der Waals surface area contributed by atoms with Gasteiger partial charge < -0.3 is 10.0 Å². The molecule has 2 unspecified atom stereocenters. The van der Waals surface area contributed by atoms with Crippen LogP contribution in [0.1, 0.15) is 26.3 Å². The van der Waals surface area contributed by atoms with Crippen LogP contribution < -0.4 is 4.90 Å². The van der Waals surface area contributed by atoms with Gasteiger partial charge in [-0.1, -0.05) is 13.8 Å². The van der Waals surface area contributed by atoms with E-state index in [1.807, 2.05) is 13.8 Å². The maximum Gasteiger partial charge on any atom is 0.416 e. The van der Waals surface area contributed by atoms with Crippen molar-refractivity contribution in [3.63, 3.8) is 0 Å². The lowest BCUT2D eigenvalue weighted by atomic mass is 10.2. The summed E-state index contributed by atoms with van der Waals surface area (Å²) in [6, 6.07) is 0.533. The summed E-state index contributed by atoms with van der Waals surface area (Å²) < 4.78 is 38.3. The fraction of sp³-hybridized carbons (Fsp3) is 0.571. The van der Waals surface area contributed by atoms with Crippen molar-refractivity contribution < 1.29 is 23.1 Å². The summed E-state index contributed by atoms with van der Waals surface area (Å²) in [6.45, 7) is 5.89. The predicted octanol–water partition coefficient (Wildman–Crippen LogP) is 2.71. The van der Waals surface area contributed by atoms with Gasteiger partial charge in [-0.3, -0.25) is 0 Å². The maximum absolute atomic E-state index is 12.8. The van der Waals surface area contributed by atoms with Crippen LogP contribution in [0.3, 0.4) is 0 Å². The first-order valence-corrected chi connectivity index (χ1v) is 6.94. The molecule has 1 saturated heterocycles. The number of halogens is 3. The number of urea groups is 1. The zero-order valence-electron chi connectivity index (χ0n) is 12.5. The number of rotatable bonds is 3. The minimum absolute atomic E-state index is 0.174. The molecule has 0 spiro atoms. The van der Waals surface area contributed by atoms with Crippen LogP contribution in [0.15, 0.2) is 18.3 Å². The summed E-state index contributed by atoms with van der Waals surface area (Å²) in [5.41, 5.74) is -0.910. The Morgan fingerprint density at radius 1 is 1.41 bits per heavy atom. The van der Waals surface area contributed by atoms with Gasteiger partial charge in [-0.2, -0.15) is 13.2 Å². The van der Waals surface area contributed by atoms with E-state index in [4.69, 9.17) is 0 Å². The molecule has 1 aliphatic heterocycles. The van der Waals surface area contributed by atoms with Gasteiger partial charge in [-0.05, 0) is 25.0 Å². The van der Waals surface area contributed by atoms with Gasteiger partial charge in [0.15, 0.2) is 6.23 Å². The number of carbonyl (C=O) groups excluding carboxylic acids is 1. The Kier molecular flexibility index (Phi) is 4.32. The molecule has 0 aromatic carbocycles. The minimum Gasteiger partial charge on any atom is -0.371 e. The van der Waals surface area contributed by atoms with Crippen molar-refractivity contribution in [1.29, 1.82) is 0 Å². The molecule has 2 atom stereocenters. The Labute approximate surface area is 126 Å². The Morgan fingerprint density at radius 2 is 2.05 bits per heavy atom. The van der Waals surface area contributed by atoms with Crippen molar-refractivity contribution in [2.24, 2.45) is 5.92 Å². The maximum atomic E-state index is 12.8. The van der Waals surface area contributed by atoms with Gasteiger partial charge in [-0.15, -0.1) is 0 Å². The number of alkyl halides is 3. The number of carbonyl (C=O) groups is 1. The molecule has 1 aromatic rings. The second kappa shape index (κ2) is 5.75. The van der Waals surface area contributed by atoms with E-state index in [0.29, 0.717) is 6.54 Å². The first-order valence-electron chi connectivity index (χ1n) is 6.94. The van der Waals surface area contributed by atoms with Crippen molar-refractivity contribution in [2.45, 2.75) is 39.2 Å². The van der Waals surface area contributed by atoms with Gasteiger partial charge in [0.2, 0.25) is 0 Å². The third-order valence-corrected chi connectivity index (χ3v) is 3.52. The number of pyridine rings is 1. The molecule has 2 rings (SSSR count). The van der Waals surface area contributed by atoms with Crippen LogP contribution in [0.25, 0.3) is 0 Å². The number of aromatic nitrogens is 1. The van der Waals surface area contributed by atoms with E-state index in [1.165, 1.54) is 4.90 Å². The van der Waals surface area contributed by atoms with E-state index in [1.54, 1.807) is 6.92 Å². The Balaban J connectivity index is 2.34. The predicted molar refractivity (Wildman–Crippen MR) is 74.1 cm³/mol. The van der Waals surface area contributed by atoms with Crippen molar-refractivity contribution >= 4 is 11.8 Å². The molecule has 5 nitrogen and oxygen atoms in total. The fourth-order valence-corrected chi connectivity index (χ4v) is 2.40. The summed E-state index contributed by atoms with van der Waals surface area (Å²) in [5.74, 6) is -0.0292. The molecule has 0 radical (unpaired) electrons. The van der Waals surface area contributed by atoms with Crippen molar-refractivity contribution in [3.8, 4) is 0 Å². The molecule has 0 aliphatic carbocycles. The number of amides is 2. The highest BCUT2D eigenvalue weighted by atomic mass is 19.4. The number of anilines is 1. The summed E-state index contributed by atoms with van der Waals surface area (Å²) in [4.78, 5) is 18.5. The molecule has 1 aliphatic rings. The Hall–Kier alpha value is -1.83. The van der Waals surface area contributed by atoms with Crippen molar-refractivity contribution in [1.82, 2.24) is 9.88 Å². The summed E-state index contributed by atoms with van der Waals surface area (Å²) in [7, 11) is 0. The first-order chi connectivity index (χ1) is 10.1. The first kappa shape index (κ1) is 16.5. The van der Waals surface area contributed by atoms with Crippen LogP contribution in [0, 0.1) is 5.92 Å². The molecular weight excluding hydrogens is 299 g/mol. The molecule has 1 fully saturated rings. The van der Waals surface area contributed by atoms with Gasteiger partial charge >= 0.3 is 12.2 Å². The van der Waals surface area contributed by atoms with Crippen LogP contribution in [0.5, 0.6) is 0 Å². The molecule has 8 heteroatoms. The van der Waals surface area contributed by atoms with Crippen LogP contribution >= 0.6 is 0 Å². The normalized spacial score (nSPS) is 22.8. The highest BCUT2D eigenvalue weighted by Gasteiger charge is 2.44. The highest BCUT2D eigenvalue weighted by Crippen LogP contribution is 2.33. The highest BCUT2D eigenvalue weighted by molar-refractivity contribution is 5.94. The largest absolute Gasteiger partial charge is 0.416 e. The van der Waals surface area contributed by atoms with Crippen molar-refractivity contribution in [2.75, 3.05) is 11.4 Å². The molecule has 122 valence electrons. The van der Waals surface area contributed by atoms with Gasteiger partial charge in [0, 0.05) is 12.7 Å². The van der Waals surface area contributed by atoms with Gasteiger partial charge in [-0.25, -0.2) is 14.7 Å². The van der Waals surface area contributed by atoms with Crippen LogP contribution in [0.4, 0.5) is 23.8 Å². The van der Waals surface area contributed by atoms with E-state index in [9.17, 15) is 23.1 Å². The number of hydrogen-bond acceptors (Lipinski definition) is 3. The quantitative estimate of drug-likeness (QED) is 0.932. The zero-order valence-corrected chi connectivity index (χ0v) is 12.5. The number of aliphatic hydroxyl groups excluding tert-OH is 1. The summed E-state index contributed by atoms with van der Waals surface area (Å²) in [5, 5.41) is 10.2. The lowest BCUT2D eigenvalue weighted by molar-refractivity contribution is -0.137. The molecule has 0 bridgehead atoms. The zero-order chi connectivity index (χ0) is 16.7. The molecule has 2 heterocycles. The van der Waals surface area contributed by atoms with Gasteiger partial charge in [0.25, 0.3) is 0 Å². The molecular formula is C14H18F3N3O2. The molecule has 2 amide bonds. The number of aliphatic hydroxyl groups is 1. The molecule has 1 N–H and O–H groups in total. The van der Waals surface area contributed by atoms with E-state index < -0.39 is 30.0 Å². The summed E-state index contributed by atoms with van der Waals surface area (Å²) >= 11 is 0. The third kappa shape index (κ3) is 3.01. The van der Waals surface area contributed by atoms with Crippen molar-refractivity contribution in [3.05, 3.63) is 23.9 Å². The SMILES string of the molecule is CC(C)CN1C(=O)N(c2cc(C(F)(F)F)ccn2)C(O)C1C. The van der Waals surface area contributed by atoms with Gasteiger partial charge in [0.1, 0.15) is 5.82 Å². The van der Waals surface area contributed by atoms with E-state index in [2.05, 4.69) is 4.98 Å². The van der Waals surface area contributed by atoms with Crippen LogP contribution in [-0.4, -0.2) is 39.8 Å². The standard InChI is InChI=1S/C14H18F3N3O2/c1-8(2)7-19-9(3)12(21)20(13(19)22)11-6-10(4-5-18-11)14(15,16)17/h4-6,8-9,12,21H,7H2,1-3H3. The number of hydrogen-bond donors (Lipinski definition) is 1. The van der Waals surface area contributed by atoms with E-state index in [-0.39, 0.29) is 11.7 Å². The average Bonchev–Trinajstić information content (AvgIpc) is 2.62. The average molecular weight is 317 g/mol. The monoisotopic (exact) mass is 317 g/mol. The van der Waals surface area contributed by atoms with Gasteiger partial charge in [0.05, 0.1) is 11.6 Å². The number of nitrogens with zero attached hydrogens (tertiary/aromatic N) is 3. The Bertz CT molecular complexity index is 563.